The standard InChI is InChI=1S/C15H15N5O.CH2O2/c1-8-14-11(6-13(21)17-15(14)20(2)19-8)9-3-4-10-7-16-18-12(10)5-9;2-1-3/h3-5,7,11H,6H2,1-2H3,(H,16,18)(H,17,21);1H,(H,2,3). The second-order valence-electron chi connectivity index (χ2n) is 5.60. The second-order valence-corrected chi connectivity index (χ2v) is 5.60. The Morgan fingerprint density at radius 2 is 2.17 bits per heavy atom. The Hall–Kier alpha value is -3.16. The first-order valence-electron chi connectivity index (χ1n) is 7.39. The van der Waals surface area contributed by atoms with Gasteiger partial charge < -0.3 is 10.4 Å². The quantitative estimate of drug-likeness (QED) is 0.590. The van der Waals surface area contributed by atoms with Crippen LogP contribution in [0.3, 0.4) is 0 Å². The molecule has 3 aromatic rings. The first-order valence-corrected chi connectivity index (χ1v) is 7.39. The van der Waals surface area contributed by atoms with Gasteiger partial charge >= 0.3 is 0 Å². The van der Waals surface area contributed by atoms with Gasteiger partial charge in [0.1, 0.15) is 5.82 Å². The second kappa shape index (κ2) is 6.15. The minimum Gasteiger partial charge on any atom is -0.483 e. The van der Waals surface area contributed by atoms with E-state index in [2.05, 4.69) is 32.7 Å². The molecule has 0 aliphatic carbocycles. The van der Waals surface area contributed by atoms with Crippen molar-refractivity contribution < 1.29 is 14.7 Å². The van der Waals surface area contributed by atoms with Crippen LogP contribution >= 0.6 is 0 Å². The van der Waals surface area contributed by atoms with E-state index in [-0.39, 0.29) is 18.3 Å². The van der Waals surface area contributed by atoms with E-state index in [1.165, 1.54) is 0 Å². The summed E-state index contributed by atoms with van der Waals surface area (Å²) in [6.07, 6.45) is 2.24. The number of nitrogens with zero attached hydrogens (tertiary/aromatic N) is 3. The lowest BCUT2D eigenvalue weighted by molar-refractivity contribution is -0.123. The molecule has 2 aromatic heterocycles. The van der Waals surface area contributed by atoms with E-state index in [0.717, 1.165) is 33.5 Å². The first-order chi connectivity index (χ1) is 11.5. The molecule has 24 heavy (non-hydrogen) atoms. The number of aromatic nitrogens is 4. The fraction of sp³-hybridized carbons (Fsp3) is 0.250. The summed E-state index contributed by atoms with van der Waals surface area (Å²) in [5.74, 6) is 0.869. The molecule has 3 heterocycles. The molecule has 1 atom stereocenters. The fourth-order valence-corrected chi connectivity index (χ4v) is 3.17. The van der Waals surface area contributed by atoms with Crippen LogP contribution in [0.15, 0.2) is 24.4 Å². The average Bonchev–Trinajstić information content (AvgIpc) is 3.12. The average molecular weight is 327 g/mol. The van der Waals surface area contributed by atoms with Crippen LogP contribution in [-0.4, -0.2) is 37.5 Å². The summed E-state index contributed by atoms with van der Waals surface area (Å²) in [7, 11) is 1.85. The number of H-pyrrole nitrogens is 1. The maximum Gasteiger partial charge on any atom is 0.290 e. The van der Waals surface area contributed by atoms with Crippen LogP contribution in [-0.2, 0) is 16.6 Å². The van der Waals surface area contributed by atoms with Crippen molar-refractivity contribution in [2.24, 2.45) is 7.05 Å². The number of carboxylic acid groups (broad SMARTS) is 1. The molecular weight excluding hydrogens is 310 g/mol. The third kappa shape index (κ3) is 2.62. The molecule has 1 aliphatic rings. The van der Waals surface area contributed by atoms with E-state index < -0.39 is 0 Å². The van der Waals surface area contributed by atoms with Gasteiger partial charge in [-0.05, 0) is 18.6 Å². The number of carbonyl (C=O) groups excluding carboxylic acids is 1. The summed E-state index contributed by atoms with van der Waals surface area (Å²) in [5, 5.41) is 22.3. The van der Waals surface area contributed by atoms with Crippen molar-refractivity contribution in [3.8, 4) is 0 Å². The Labute approximate surface area is 137 Å². The zero-order chi connectivity index (χ0) is 17.3. The van der Waals surface area contributed by atoms with Gasteiger partial charge in [-0.3, -0.25) is 19.4 Å². The summed E-state index contributed by atoms with van der Waals surface area (Å²) in [5.41, 5.74) is 4.17. The molecule has 0 spiro atoms. The maximum atomic E-state index is 12.0. The lowest BCUT2D eigenvalue weighted by Gasteiger charge is -2.24. The van der Waals surface area contributed by atoms with Crippen molar-refractivity contribution in [3.05, 3.63) is 41.2 Å². The van der Waals surface area contributed by atoms with Crippen LogP contribution in [0.25, 0.3) is 10.9 Å². The number of benzene rings is 1. The van der Waals surface area contributed by atoms with Gasteiger partial charge in [-0.1, -0.05) is 12.1 Å². The topological polar surface area (TPSA) is 113 Å². The number of rotatable bonds is 1. The third-order valence-corrected chi connectivity index (χ3v) is 4.13. The molecule has 1 aliphatic heterocycles. The van der Waals surface area contributed by atoms with Crippen molar-refractivity contribution in [2.45, 2.75) is 19.3 Å². The van der Waals surface area contributed by atoms with Gasteiger partial charge in [0, 0.05) is 30.3 Å². The van der Waals surface area contributed by atoms with Gasteiger partial charge in [0.15, 0.2) is 0 Å². The minimum absolute atomic E-state index is 0.0280. The molecule has 0 fully saturated rings. The number of fused-ring (bicyclic) bond motifs is 2. The highest BCUT2D eigenvalue weighted by molar-refractivity contribution is 5.95. The highest BCUT2D eigenvalue weighted by Crippen LogP contribution is 2.39. The molecule has 4 rings (SSSR count). The number of aromatic amines is 1. The highest BCUT2D eigenvalue weighted by atomic mass is 16.3. The van der Waals surface area contributed by atoms with Gasteiger partial charge in [-0.15, -0.1) is 0 Å². The lowest BCUT2D eigenvalue weighted by Crippen LogP contribution is -2.24. The monoisotopic (exact) mass is 327 g/mol. The van der Waals surface area contributed by atoms with E-state index >= 15 is 0 Å². The van der Waals surface area contributed by atoms with Crippen molar-refractivity contribution in [3.63, 3.8) is 0 Å². The van der Waals surface area contributed by atoms with Crippen LogP contribution in [0.1, 0.15) is 29.2 Å². The number of anilines is 1. The smallest absolute Gasteiger partial charge is 0.290 e. The van der Waals surface area contributed by atoms with Crippen LogP contribution in [0.4, 0.5) is 5.82 Å². The van der Waals surface area contributed by atoms with Crippen molar-refractivity contribution in [1.29, 1.82) is 0 Å². The first kappa shape index (κ1) is 15.7. The summed E-state index contributed by atoms with van der Waals surface area (Å²) in [4.78, 5) is 20.4. The predicted octanol–water partition coefficient (Wildman–Crippen LogP) is 1.78. The summed E-state index contributed by atoms with van der Waals surface area (Å²) in [6, 6.07) is 6.17. The molecule has 0 radical (unpaired) electrons. The molecule has 1 aromatic carbocycles. The Balaban J connectivity index is 0.000000526. The molecule has 0 bridgehead atoms. The number of aryl methyl sites for hydroxylation is 2. The van der Waals surface area contributed by atoms with Crippen molar-refractivity contribution >= 4 is 29.1 Å². The van der Waals surface area contributed by atoms with E-state index in [9.17, 15) is 4.79 Å². The predicted molar refractivity (Wildman–Crippen MR) is 87.8 cm³/mol. The molecule has 0 saturated carbocycles. The number of hydrogen-bond acceptors (Lipinski definition) is 4. The molecule has 0 saturated heterocycles. The molecule has 1 amide bonds. The Kier molecular flexibility index (Phi) is 4.03. The van der Waals surface area contributed by atoms with Gasteiger partial charge in [0.05, 0.1) is 17.4 Å². The zero-order valence-corrected chi connectivity index (χ0v) is 13.3. The minimum atomic E-state index is -0.250. The van der Waals surface area contributed by atoms with Gasteiger partial charge in [-0.2, -0.15) is 10.2 Å². The van der Waals surface area contributed by atoms with Crippen molar-refractivity contribution in [1.82, 2.24) is 20.0 Å². The zero-order valence-electron chi connectivity index (χ0n) is 13.3. The van der Waals surface area contributed by atoms with Crippen molar-refractivity contribution in [2.75, 3.05) is 5.32 Å². The Morgan fingerprint density at radius 1 is 1.42 bits per heavy atom. The number of carbonyl (C=O) groups is 2. The van der Waals surface area contributed by atoms with E-state index in [1.54, 1.807) is 10.9 Å². The SMILES string of the molecule is Cc1nn(C)c2c1C(c1ccc3cn[nH]c3c1)CC(=O)N2.O=CO. The van der Waals surface area contributed by atoms with Crippen LogP contribution in [0, 0.1) is 6.92 Å². The maximum absolute atomic E-state index is 12.0. The molecule has 1 unspecified atom stereocenters. The molecule has 3 N–H and O–H groups in total. The van der Waals surface area contributed by atoms with E-state index in [4.69, 9.17) is 9.90 Å². The van der Waals surface area contributed by atoms with Crippen LogP contribution < -0.4 is 5.32 Å². The highest BCUT2D eigenvalue weighted by Gasteiger charge is 2.31. The lowest BCUT2D eigenvalue weighted by atomic mass is 9.85. The summed E-state index contributed by atoms with van der Waals surface area (Å²) < 4.78 is 1.74. The van der Waals surface area contributed by atoms with E-state index in [0.29, 0.717) is 6.42 Å². The van der Waals surface area contributed by atoms with Crippen LogP contribution in [0.5, 0.6) is 0 Å². The largest absolute Gasteiger partial charge is 0.483 e. The number of hydrogen-bond donors (Lipinski definition) is 3. The normalized spacial score (nSPS) is 16.1. The van der Waals surface area contributed by atoms with E-state index in [1.807, 2.05) is 20.0 Å². The molecule has 124 valence electrons. The third-order valence-electron chi connectivity index (χ3n) is 4.13. The summed E-state index contributed by atoms with van der Waals surface area (Å²) in [6.45, 7) is 1.73. The molecular formula is C16H17N5O3. The fourth-order valence-electron chi connectivity index (χ4n) is 3.17. The number of nitrogens with one attached hydrogen (secondary N) is 2. The Bertz CT molecular complexity index is 912. The Morgan fingerprint density at radius 3 is 2.92 bits per heavy atom. The molecule has 8 nitrogen and oxygen atoms in total. The van der Waals surface area contributed by atoms with Crippen LogP contribution in [0.2, 0.25) is 0 Å². The summed E-state index contributed by atoms with van der Waals surface area (Å²) >= 11 is 0. The van der Waals surface area contributed by atoms with Gasteiger partial charge in [0.25, 0.3) is 6.47 Å². The van der Waals surface area contributed by atoms with Gasteiger partial charge in [-0.25, -0.2) is 0 Å². The van der Waals surface area contributed by atoms with Gasteiger partial charge in [0.2, 0.25) is 5.91 Å². The molecule has 8 heteroatoms. The number of amides is 1.